The fourth-order valence-corrected chi connectivity index (χ4v) is 2.83. The standard InChI is InChI=1S/C19H16N2O2S/c22-18(11-10-17-4-3-13-24-17)20-16-8-6-15(7-9-16)14-21-12-2-1-5-19(21)23/h1-13H,14H2,(H,20,22)/b11-10+. The van der Waals surface area contributed by atoms with Gasteiger partial charge in [0, 0.05) is 28.9 Å². The van der Waals surface area contributed by atoms with Gasteiger partial charge < -0.3 is 9.88 Å². The Morgan fingerprint density at radius 2 is 1.92 bits per heavy atom. The third kappa shape index (κ3) is 4.30. The molecule has 3 aromatic rings. The van der Waals surface area contributed by atoms with E-state index in [0.29, 0.717) is 6.54 Å². The van der Waals surface area contributed by atoms with E-state index in [-0.39, 0.29) is 11.5 Å². The van der Waals surface area contributed by atoms with E-state index in [2.05, 4.69) is 5.32 Å². The van der Waals surface area contributed by atoms with Gasteiger partial charge in [-0.2, -0.15) is 0 Å². The molecule has 1 N–H and O–H groups in total. The molecular formula is C19H16N2O2S. The number of thiophene rings is 1. The molecule has 1 aromatic carbocycles. The van der Waals surface area contributed by atoms with Gasteiger partial charge in [0.05, 0.1) is 6.54 Å². The lowest BCUT2D eigenvalue weighted by Gasteiger charge is -2.07. The second-order valence-electron chi connectivity index (χ2n) is 5.20. The van der Waals surface area contributed by atoms with E-state index in [4.69, 9.17) is 0 Å². The Kier molecular flexibility index (Phi) is 5.03. The van der Waals surface area contributed by atoms with Gasteiger partial charge in [-0.05, 0) is 41.3 Å². The van der Waals surface area contributed by atoms with E-state index in [0.717, 1.165) is 16.1 Å². The summed E-state index contributed by atoms with van der Waals surface area (Å²) in [7, 11) is 0. The Bertz CT molecular complexity index is 894. The zero-order valence-electron chi connectivity index (χ0n) is 12.9. The predicted octanol–water partition coefficient (Wildman–Crippen LogP) is 3.61. The van der Waals surface area contributed by atoms with Crippen LogP contribution in [-0.4, -0.2) is 10.5 Å². The summed E-state index contributed by atoms with van der Waals surface area (Å²) in [5.41, 5.74) is 1.68. The molecule has 4 nitrogen and oxygen atoms in total. The van der Waals surface area contributed by atoms with Gasteiger partial charge in [-0.3, -0.25) is 9.59 Å². The van der Waals surface area contributed by atoms with Crippen molar-refractivity contribution in [2.75, 3.05) is 5.32 Å². The van der Waals surface area contributed by atoms with Crippen LogP contribution >= 0.6 is 11.3 Å². The number of rotatable bonds is 5. The molecule has 24 heavy (non-hydrogen) atoms. The minimum atomic E-state index is -0.171. The minimum Gasteiger partial charge on any atom is -0.323 e. The van der Waals surface area contributed by atoms with Crippen LogP contribution in [0.15, 0.2) is 77.0 Å². The molecule has 0 aliphatic rings. The molecule has 1 amide bonds. The van der Waals surface area contributed by atoms with Crippen molar-refractivity contribution in [3.63, 3.8) is 0 Å². The summed E-state index contributed by atoms with van der Waals surface area (Å²) >= 11 is 1.58. The molecule has 0 saturated carbocycles. The summed E-state index contributed by atoms with van der Waals surface area (Å²) in [6.45, 7) is 0.506. The van der Waals surface area contributed by atoms with E-state index < -0.39 is 0 Å². The topological polar surface area (TPSA) is 51.1 Å². The molecular weight excluding hydrogens is 320 g/mol. The summed E-state index contributed by atoms with van der Waals surface area (Å²) in [6, 6.07) is 16.5. The summed E-state index contributed by atoms with van der Waals surface area (Å²) in [5.74, 6) is -0.171. The van der Waals surface area contributed by atoms with E-state index in [1.54, 1.807) is 34.2 Å². The van der Waals surface area contributed by atoms with Crippen molar-refractivity contribution < 1.29 is 4.79 Å². The number of anilines is 1. The van der Waals surface area contributed by atoms with Gasteiger partial charge in [0.1, 0.15) is 0 Å². The summed E-state index contributed by atoms with van der Waals surface area (Å²) < 4.78 is 1.64. The highest BCUT2D eigenvalue weighted by molar-refractivity contribution is 7.10. The highest BCUT2D eigenvalue weighted by Gasteiger charge is 2.00. The maximum atomic E-state index is 11.9. The van der Waals surface area contributed by atoms with Gasteiger partial charge in [0.25, 0.3) is 5.56 Å². The Hall–Kier alpha value is -2.92. The lowest BCUT2D eigenvalue weighted by Crippen LogP contribution is -2.18. The Balaban J connectivity index is 1.61. The van der Waals surface area contributed by atoms with E-state index in [1.165, 1.54) is 12.1 Å². The van der Waals surface area contributed by atoms with Crippen LogP contribution in [0, 0.1) is 0 Å². The van der Waals surface area contributed by atoms with Gasteiger partial charge in [-0.1, -0.05) is 24.3 Å². The highest BCUT2D eigenvalue weighted by atomic mass is 32.1. The second kappa shape index (κ2) is 7.57. The van der Waals surface area contributed by atoms with Crippen LogP contribution in [0.25, 0.3) is 6.08 Å². The van der Waals surface area contributed by atoms with Crippen LogP contribution < -0.4 is 10.9 Å². The van der Waals surface area contributed by atoms with E-state index in [1.807, 2.05) is 47.8 Å². The number of carbonyl (C=O) groups is 1. The number of pyridine rings is 1. The summed E-state index contributed by atoms with van der Waals surface area (Å²) in [5, 5.41) is 4.78. The number of hydrogen-bond acceptors (Lipinski definition) is 3. The molecule has 0 aliphatic heterocycles. The average Bonchev–Trinajstić information content (AvgIpc) is 3.10. The second-order valence-corrected chi connectivity index (χ2v) is 6.18. The molecule has 2 heterocycles. The fraction of sp³-hybridized carbons (Fsp3) is 0.0526. The molecule has 0 saturated heterocycles. The van der Waals surface area contributed by atoms with Crippen molar-refractivity contribution in [3.05, 3.63) is 93.0 Å². The zero-order chi connectivity index (χ0) is 16.8. The molecule has 120 valence electrons. The molecule has 0 unspecified atom stereocenters. The Morgan fingerprint density at radius 3 is 2.62 bits per heavy atom. The number of aromatic nitrogens is 1. The van der Waals surface area contributed by atoms with Gasteiger partial charge in [-0.25, -0.2) is 0 Å². The molecule has 0 bridgehead atoms. The van der Waals surface area contributed by atoms with Crippen molar-refractivity contribution in [3.8, 4) is 0 Å². The first-order valence-corrected chi connectivity index (χ1v) is 8.36. The maximum absolute atomic E-state index is 11.9. The first-order valence-electron chi connectivity index (χ1n) is 7.48. The third-order valence-electron chi connectivity index (χ3n) is 3.42. The monoisotopic (exact) mass is 336 g/mol. The van der Waals surface area contributed by atoms with E-state index in [9.17, 15) is 9.59 Å². The van der Waals surface area contributed by atoms with Gasteiger partial charge >= 0.3 is 0 Å². The predicted molar refractivity (Wildman–Crippen MR) is 98.2 cm³/mol. The Morgan fingerprint density at radius 1 is 1.08 bits per heavy atom. The highest BCUT2D eigenvalue weighted by Crippen LogP contribution is 2.12. The minimum absolute atomic E-state index is 0.0337. The molecule has 2 aromatic heterocycles. The van der Waals surface area contributed by atoms with E-state index >= 15 is 0 Å². The molecule has 0 atom stereocenters. The quantitative estimate of drug-likeness (QED) is 0.724. The molecule has 0 aliphatic carbocycles. The fourth-order valence-electron chi connectivity index (χ4n) is 2.21. The van der Waals surface area contributed by atoms with Crippen LogP contribution in [0.1, 0.15) is 10.4 Å². The maximum Gasteiger partial charge on any atom is 0.250 e. The lowest BCUT2D eigenvalue weighted by molar-refractivity contribution is -0.111. The number of benzene rings is 1. The molecule has 3 rings (SSSR count). The smallest absolute Gasteiger partial charge is 0.250 e. The van der Waals surface area contributed by atoms with Crippen molar-refractivity contribution in [2.45, 2.75) is 6.54 Å². The van der Waals surface area contributed by atoms with Crippen LogP contribution in [0.3, 0.4) is 0 Å². The average molecular weight is 336 g/mol. The van der Waals surface area contributed by atoms with Crippen LogP contribution in [0.5, 0.6) is 0 Å². The lowest BCUT2D eigenvalue weighted by atomic mass is 10.2. The first kappa shape index (κ1) is 16.0. The SMILES string of the molecule is O=C(/C=C/c1cccs1)Nc1ccc(Cn2ccccc2=O)cc1. The zero-order valence-corrected chi connectivity index (χ0v) is 13.7. The normalized spacial score (nSPS) is 10.8. The van der Waals surface area contributed by atoms with Crippen molar-refractivity contribution in [2.24, 2.45) is 0 Å². The van der Waals surface area contributed by atoms with Gasteiger partial charge in [0.2, 0.25) is 5.91 Å². The summed E-state index contributed by atoms with van der Waals surface area (Å²) in [4.78, 5) is 24.6. The van der Waals surface area contributed by atoms with Gasteiger partial charge in [-0.15, -0.1) is 11.3 Å². The number of carbonyl (C=O) groups excluding carboxylic acids is 1. The van der Waals surface area contributed by atoms with Gasteiger partial charge in [0.15, 0.2) is 0 Å². The molecule has 5 heteroatoms. The Labute approximate surface area is 143 Å². The van der Waals surface area contributed by atoms with Crippen molar-refractivity contribution in [1.82, 2.24) is 4.57 Å². The molecule has 0 fully saturated rings. The van der Waals surface area contributed by atoms with Crippen LogP contribution in [0.4, 0.5) is 5.69 Å². The number of nitrogens with one attached hydrogen (secondary N) is 1. The first-order chi connectivity index (χ1) is 11.7. The number of nitrogens with zero attached hydrogens (tertiary/aromatic N) is 1. The van der Waals surface area contributed by atoms with Crippen LogP contribution in [0.2, 0.25) is 0 Å². The summed E-state index contributed by atoms with van der Waals surface area (Å²) in [6.07, 6.45) is 5.06. The molecule has 0 radical (unpaired) electrons. The van der Waals surface area contributed by atoms with Crippen LogP contribution in [-0.2, 0) is 11.3 Å². The largest absolute Gasteiger partial charge is 0.323 e. The van der Waals surface area contributed by atoms with Crippen molar-refractivity contribution >= 4 is 29.0 Å². The third-order valence-corrected chi connectivity index (χ3v) is 4.25. The number of hydrogen-bond donors (Lipinski definition) is 1. The number of amides is 1. The van der Waals surface area contributed by atoms with Crippen molar-refractivity contribution in [1.29, 1.82) is 0 Å². The molecule has 0 spiro atoms.